The van der Waals surface area contributed by atoms with Crippen LogP contribution < -0.4 is 4.90 Å². The average Bonchev–Trinajstić information content (AvgIpc) is 3.59. The van der Waals surface area contributed by atoms with Crippen molar-refractivity contribution >= 4 is 27.6 Å². The van der Waals surface area contributed by atoms with E-state index in [1.54, 1.807) is 0 Å². The predicted molar refractivity (Wildman–Crippen MR) is 200 cm³/mol. The minimum Gasteiger partial charge on any atom is -0.369 e. The molecule has 5 nitrogen and oxygen atoms in total. The van der Waals surface area contributed by atoms with Gasteiger partial charge in [0.15, 0.2) is 0 Å². The molecule has 0 saturated carbocycles. The lowest BCUT2D eigenvalue weighted by Gasteiger charge is -2.50. The van der Waals surface area contributed by atoms with Crippen molar-refractivity contribution in [3.8, 4) is 22.6 Å². The topological polar surface area (TPSA) is 40.1 Å². The zero-order valence-electron chi connectivity index (χ0n) is 31.0. The van der Waals surface area contributed by atoms with Crippen LogP contribution >= 0.6 is 0 Å². The van der Waals surface area contributed by atoms with Gasteiger partial charge in [-0.15, -0.1) is 0 Å². The van der Waals surface area contributed by atoms with Crippen LogP contribution in [0.3, 0.4) is 0 Å². The van der Waals surface area contributed by atoms with Crippen molar-refractivity contribution in [1.29, 1.82) is 0 Å². The van der Waals surface area contributed by atoms with Gasteiger partial charge in [-0.3, -0.25) is 0 Å². The van der Waals surface area contributed by atoms with Gasteiger partial charge in [0.25, 0.3) is 0 Å². The summed E-state index contributed by atoms with van der Waals surface area (Å²) in [5.41, 5.74) is 18.2. The van der Waals surface area contributed by atoms with Gasteiger partial charge in [-0.2, -0.15) is 0 Å². The molecule has 3 aliphatic rings. The molecule has 0 spiro atoms. The van der Waals surface area contributed by atoms with Gasteiger partial charge in [-0.05, 0) is 117 Å². The fraction of sp³-hybridized carbons (Fsp3) is 0.500. The molecule has 0 bridgehead atoms. The van der Waals surface area contributed by atoms with Gasteiger partial charge >= 0.3 is 0 Å². The minimum atomic E-state index is -0.183. The number of rotatable bonds is 1. The van der Waals surface area contributed by atoms with Gasteiger partial charge in [0, 0.05) is 64.7 Å². The first-order valence-corrected chi connectivity index (χ1v) is 17.7. The molecule has 2 aliphatic heterocycles. The Kier molecular flexibility index (Phi) is 6.09. The molecule has 2 aromatic heterocycles. The Balaban J connectivity index is 1.40. The van der Waals surface area contributed by atoms with Crippen LogP contribution in [-0.2, 0) is 21.8 Å². The quantitative estimate of drug-likeness (QED) is 0.201. The lowest BCUT2D eigenvalue weighted by Crippen LogP contribution is -2.49. The molecule has 0 unspecified atom stereocenters. The summed E-state index contributed by atoms with van der Waals surface area (Å²) in [7, 11) is 2.22. The second-order valence-corrected chi connectivity index (χ2v) is 17.2. The first-order valence-electron chi connectivity index (χ1n) is 17.7. The Morgan fingerprint density at radius 2 is 1.36 bits per heavy atom. The van der Waals surface area contributed by atoms with Gasteiger partial charge in [0.2, 0.25) is 0 Å². The Morgan fingerprint density at radius 1 is 0.702 bits per heavy atom. The number of hydrogen-bond donors (Lipinski definition) is 1. The van der Waals surface area contributed by atoms with E-state index in [0.717, 1.165) is 37.5 Å². The number of nitrogens with one attached hydrogen (secondary N) is 1. The highest BCUT2D eigenvalue weighted by molar-refractivity contribution is 5.99. The van der Waals surface area contributed by atoms with E-state index in [9.17, 15) is 0 Å². The van der Waals surface area contributed by atoms with E-state index in [0.29, 0.717) is 0 Å². The number of imidazole rings is 1. The highest BCUT2D eigenvalue weighted by Crippen LogP contribution is 2.58. The molecular formula is C42H53N5. The highest BCUT2D eigenvalue weighted by atomic mass is 15.2. The second-order valence-electron chi connectivity index (χ2n) is 17.2. The maximum atomic E-state index is 5.57. The zero-order chi connectivity index (χ0) is 33.7. The van der Waals surface area contributed by atoms with Crippen molar-refractivity contribution in [2.45, 2.75) is 105 Å². The number of hydrogen-bond acceptors (Lipinski definition) is 3. The van der Waals surface area contributed by atoms with E-state index in [1.165, 1.54) is 77.9 Å². The third-order valence-electron chi connectivity index (χ3n) is 14.2. The first kappa shape index (κ1) is 30.7. The van der Waals surface area contributed by atoms with Gasteiger partial charge in [0.1, 0.15) is 5.82 Å². The van der Waals surface area contributed by atoms with Crippen LogP contribution in [0.4, 0.5) is 5.69 Å². The van der Waals surface area contributed by atoms with Gasteiger partial charge in [-0.1, -0.05) is 47.6 Å². The molecule has 1 N–H and O–H groups in total. The maximum Gasteiger partial charge on any atom is 0.142 e. The fourth-order valence-corrected chi connectivity index (χ4v) is 9.49. The summed E-state index contributed by atoms with van der Waals surface area (Å²) >= 11 is 0. The summed E-state index contributed by atoms with van der Waals surface area (Å²) < 4.78 is 2.60. The number of nitrogens with zero attached hydrogens (tertiary/aromatic N) is 4. The SMILES string of the molecule is Cc1c(C)c(C)c2c(c1C)-c1nc3cc4c(cc3n1C(C)(C)C2(C)C)C(C)(C)C(C)(C)c1c-4[nH]c2cc(N3CCN(C)CC3)ccc12. The molecule has 0 atom stereocenters. The number of benzene rings is 3. The molecule has 1 saturated heterocycles. The molecule has 0 radical (unpaired) electrons. The Morgan fingerprint density at radius 3 is 2.04 bits per heavy atom. The summed E-state index contributed by atoms with van der Waals surface area (Å²) in [5.74, 6) is 1.12. The third-order valence-corrected chi connectivity index (χ3v) is 14.2. The summed E-state index contributed by atoms with van der Waals surface area (Å²) in [4.78, 5) is 14.5. The van der Waals surface area contributed by atoms with E-state index >= 15 is 0 Å². The van der Waals surface area contributed by atoms with Crippen molar-refractivity contribution in [2.24, 2.45) is 0 Å². The van der Waals surface area contributed by atoms with E-state index < -0.39 is 0 Å². The Labute approximate surface area is 281 Å². The van der Waals surface area contributed by atoms with E-state index in [1.807, 2.05) is 0 Å². The van der Waals surface area contributed by atoms with E-state index in [-0.39, 0.29) is 21.8 Å². The number of likely N-dealkylation sites (N-methyl/N-ethyl adjacent to an activating group) is 1. The van der Waals surface area contributed by atoms with Crippen LogP contribution in [-0.4, -0.2) is 52.7 Å². The summed E-state index contributed by atoms with van der Waals surface area (Å²) in [5, 5.41) is 1.35. The summed E-state index contributed by atoms with van der Waals surface area (Å²) in [6, 6.07) is 12.1. The maximum absolute atomic E-state index is 5.57. The molecule has 3 aromatic carbocycles. The molecule has 5 aromatic rings. The molecule has 4 heterocycles. The molecule has 8 rings (SSSR count). The van der Waals surface area contributed by atoms with Crippen molar-refractivity contribution in [3.05, 3.63) is 69.3 Å². The van der Waals surface area contributed by atoms with Crippen molar-refractivity contribution in [3.63, 3.8) is 0 Å². The van der Waals surface area contributed by atoms with Crippen LogP contribution in [0.2, 0.25) is 0 Å². The molecule has 47 heavy (non-hydrogen) atoms. The minimum absolute atomic E-state index is 0.0905. The van der Waals surface area contributed by atoms with Crippen molar-refractivity contribution < 1.29 is 0 Å². The first-order chi connectivity index (χ1) is 21.9. The highest BCUT2D eigenvalue weighted by Gasteiger charge is 2.51. The Bertz CT molecular complexity index is 2160. The van der Waals surface area contributed by atoms with Crippen LogP contribution in [0.1, 0.15) is 94.3 Å². The molecule has 0 amide bonds. The van der Waals surface area contributed by atoms with Gasteiger partial charge in [0.05, 0.1) is 22.3 Å². The molecule has 246 valence electrons. The van der Waals surface area contributed by atoms with Crippen LogP contribution in [0, 0.1) is 27.7 Å². The molecule has 1 fully saturated rings. The number of fused-ring (bicyclic) bond motifs is 10. The standard InChI is InChI=1S/C42H53N5/c1-23-24(2)26(4)35-34(25(23)3)38-44-32-21-29-30(22-33(32)47(38)42(11,12)41(35,9)10)39(5,6)40(7,8)36-28-15-14-27(20-31(28)43-37(29)36)46-18-16-45(13)17-19-46/h14-15,20-22,43H,16-19H2,1-13H3. The number of aromatic amines is 1. The number of anilines is 1. The number of aromatic nitrogens is 3. The van der Waals surface area contributed by atoms with Crippen molar-refractivity contribution in [2.75, 3.05) is 38.1 Å². The van der Waals surface area contributed by atoms with E-state index in [2.05, 4.69) is 140 Å². The predicted octanol–water partition coefficient (Wildman–Crippen LogP) is 9.43. The number of H-pyrrole nitrogens is 1. The fourth-order valence-electron chi connectivity index (χ4n) is 9.49. The lowest BCUT2D eigenvalue weighted by atomic mass is 9.56. The van der Waals surface area contributed by atoms with E-state index in [4.69, 9.17) is 4.98 Å². The van der Waals surface area contributed by atoms with Gasteiger partial charge in [-0.25, -0.2) is 4.98 Å². The summed E-state index contributed by atoms with van der Waals surface area (Å²) in [6.45, 7) is 33.1. The van der Waals surface area contributed by atoms with Crippen LogP contribution in [0.5, 0.6) is 0 Å². The summed E-state index contributed by atoms with van der Waals surface area (Å²) in [6.07, 6.45) is 0. The van der Waals surface area contributed by atoms with Crippen LogP contribution in [0.15, 0.2) is 30.3 Å². The smallest absolute Gasteiger partial charge is 0.142 e. The lowest BCUT2D eigenvalue weighted by molar-refractivity contribution is 0.201. The molecule has 1 aliphatic carbocycles. The monoisotopic (exact) mass is 627 g/mol. The number of piperazine rings is 1. The molecule has 5 heteroatoms. The molecular weight excluding hydrogens is 574 g/mol. The average molecular weight is 628 g/mol. The van der Waals surface area contributed by atoms with Gasteiger partial charge < -0.3 is 19.4 Å². The zero-order valence-corrected chi connectivity index (χ0v) is 31.0. The second kappa shape index (κ2) is 9.31. The third kappa shape index (κ3) is 3.67. The van der Waals surface area contributed by atoms with Crippen molar-refractivity contribution in [1.82, 2.24) is 19.4 Å². The van der Waals surface area contributed by atoms with Crippen LogP contribution in [0.25, 0.3) is 44.6 Å². The largest absolute Gasteiger partial charge is 0.369 e. The Hall–Kier alpha value is -3.57. The normalized spacial score (nSPS) is 20.7.